The molecule has 0 aromatic heterocycles. The molecular formula is C12H26O2Si. The number of hydrogen-bond acceptors (Lipinski definition) is 2. The van der Waals surface area contributed by atoms with Crippen LogP contribution in [-0.4, -0.2) is 26.6 Å². The Labute approximate surface area is 95.2 Å². The summed E-state index contributed by atoms with van der Waals surface area (Å²) in [5.74, 6) is 1.12. The maximum Gasteiger partial charge on any atom is 0.191 e. The standard InChI is InChI=1S/C12H26O2Si/c1-12(2,3)15(4,5)14-9-11-7-6-10(11)8-13/h10-11,13H,6-9H2,1-5H3/t10-,11-/m1/s1. The third-order valence-electron chi connectivity index (χ3n) is 4.27. The average molecular weight is 230 g/mol. The maximum atomic E-state index is 9.10. The third-order valence-corrected chi connectivity index (χ3v) is 8.77. The lowest BCUT2D eigenvalue weighted by molar-refractivity contribution is 0.0496. The van der Waals surface area contributed by atoms with Crippen molar-refractivity contribution in [3.8, 4) is 0 Å². The van der Waals surface area contributed by atoms with E-state index in [9.17, 15) is 0 Å². The topological polar surface area (TPSA) is 29.5 Å². The molecule has 1 N–H and O–H groups in total. The van der Waals surface area contributed by atoms with E-state index >= 15 is 0 Å². The molecule has 0 aromatic carbocycles. The van der Waals surface area contributed by atoms with Gasteiger partial charge in [0.25, 0.3) is 0 Å². The van der Waals surface area contributed by atoms with Crippen LogP contribution < -0.4 is 0 Å². The Bertz CT molecular complexity index is 206. The van der Waals surface area contributed by atoms with E-state index in [4.69, 9.17) is 9.53 Å². The van der Waals surface area contributed by atoms with Crippen molar-refractivity contribution < 1.29 is 9.53 Å². The van der Waals surface area contributed by atoms with Gasteiger partial charge in [0.1, 0.15) is 0 Å². The van der Waals surface area contributed by atoms with E-state index in [0.29, 0.717) is 23.5 Å². The first kappa shape index (κ1) is 13.2. The lowest BCUT2D eigenvalue weighted by Crippen LogP contribution is -2.44. The summed E-state index contributed by atoms with van der Waals surface area (Å²) in [4.78, 5) is 0. The van der Waals surface area contributed by atoms with Gasteiger partial charge in [-0.1, -0.05) is 20.8 Å². The summed E-state index contributed by atoms with van der Waals surface area (Å²) >= 11 is 0. The van der Waals surface area contributed by atoms with Crippen molar-refractivity contribution in [1.82, 2.24) is 0 Å². The Morgan fingerprint density at radius 1 is 1.20 bits per heavy atom. The van der Waals surface area contributed by atoms with Crippen molar-refractivity contribution in [2.45, 2.75) is 51.7 Å². The molecule has 1 rings (SSSR count). The molecular weight excluding hydrogens is 204 g/mol. The predicted octanol–water partition coefficient (Wildman–Crippen LogP) is 3.03. The zero-order chi connectivity index (χ0) is 11.7. The molecule has 2 atom stereocenters. The second kappa shape index (κ2) is 4.56. The lowest BCUT2D eigenvalue weighted by Gasteiger charge is -2.41. The normalized spacial score (nSPS) is 27.6. The van der Waals surface area contributed by atoms with Gasteiger partial charge in [-0.2, -0.15) is 0 Å². The van der Waals surface area contributed by atoms with E-state index in [1.54, 1.807) is 0 Å². The van der Waals surface area contributed by atoms with Gasteiger partial charge in [-0.3, -0.25) is 0 Å². The molecule has 3 heteroatoms. The van der Waals surface area contributed by atoms with Gasteiger partial charge in [-0.25, -0.2) is 0 Å². The second-order valence-corrected chi connectivity index (χ2v) is 11.2. The second-order valence-electron chi connectivity index (χ2n) is 6.35. The number of rotatable bonds is 4. The van der Waals surface area contributed by atoms with Gasteiger partial charge >= 0.3 is 0 Å². The Morgan fingerprint density at radius 2 is 1.73 bits per heavy atom. The summed E-state index contributed by atoms with van der Waals surface area (Å²) in [6, 6.07) is 0. The molecule has 0 spiro atoms. The van der Waals surface area contributed by atoms with Crippen LogP contribution >= 0.6 is 0 Å². The van der Waals surface area contributed by atoms with E-state index in [2.05, 4.69) is 33.9 Å². The fourth-order valence-corrected chi connectivity index (χ4v) is 2.69. The fraction of sp³-hybridized carbons (Fsp3) is 1.00. The molecule has 0 amide bonds. The summed E-state index contributed by atoms with van der Waals surface area (Å²) in [7, 11) is -1.57. The van der Waals surface area contributed by atoms with Gasteiger partial charge in [0.2, 0.25) is 0 Å². The van der Waals surface area contributed by atoms with E-state index < -0.39 is 8.32 Å². The van der Waals surface area contributed by atoms with E-state index in [1.807, 2.05) is 0 Å². The van der Waals surface area contributed by atoms with Crippen molar-refractivity contribution in [1.29, 1.82) is 0 Å². The van der Waals surface area contributed by atoms with Crippen LogP contribution in [0.15, 0.2) is 0 Å². The molecule has 0 bridgehead atoms. The minimum Gasteiger partial charge on any atom is -0.417 e. The molecule has 1 aliphatic rings. The SMILES string of the molecule is CC(C)(C)[Si](C)(C)OC[C@H]1CC[C@@H]1CO. The Morgan fingerprint density at radius 3 is 2.07 bits per heavy atom. The Hall–Kier alpha value is 0.137. The Kier molecular flexibility index (Phi) is 4.01. The van der Waals surface area contributed by atoms with Crippen LogP contribution in [0.2, 0.25) is 18.1 Å². The molecule has 0 aromatic rings. The van der Waals surface area contributed by atoms with Gasteiger partial charge in [0, 0.05) is 13.2 Å². The third kappa shape index (κ3) is 3.05. The van der Waals surface area contributed by atoms with Gasteiger partial charge in [0.05, 0.1) is 0 Å². The summed E-state index contributed by atoms with van der Waals surface area (Å²) in [6.45, 7) is 12.6. The van der Waals surface area contributed by atoms with Crippen LogP contribution in [-0.2, 0) is 4.43 Å². The minimum absolute atomic E-state index is 0.297. The molecule has 0 heterocycles. The summed E-state index contributed by atoms with van der Waals surface area (Å²) in [6.07, 6.45) is 2.42. The molecule has 1 fully saturated rings. The van der Waals surface area contributed by atoms with Gasteiger partial charge in [-0.05, 0) is 42.8 Å². The van der Waals surface area contributed by atoms with Crippen molar-refractivity contribution >= 4 is 8.32 Å². The van der Waals surface area contributed by atoms with Crippen LogP contribution in [0.4, 0.5) is 0 Å². The van der Waals surface area contributed by atoms with Gasteiger partial charge in [-0.15, -0.1) is 0 Å². The average Bonchev–Trinajstić information content (AvgIpc) is 2.00. The smallest absolute Gasteiger partial charge is 0.191 e. The highest BCUT2D eigenvalue weighted by atomic mass is 28.4. The van der Waals surface area contributed by atoms with Crippen LogP contribution in [0, 0.1) is 11.8 Å². The summed E-state index contributed by atoms with van der Waals surface area (Å²) < 4.78 is 6.16. The van der Waals surface area contributed by atoms with Gasteiger partial charge < -0.3 is 9.53 Å². The highest BCUT2D eigenvalue weighted by molar-refractivity contribution is 6.74. The monoisotopic (exact) mass is 230 g/mol. The molecule has 0 saturated heterocycles. The molecule has 0 aliphatic heterocycles. The van der Waals surface area contributed by atoms with Crippen molar-refractivity contribution in [2.24, 2.45) is 11.8 Å². The first-order chi connectivity index (χ1) is 6.78. The van der Waals surface area contributed by atoms with Crippen LogP contribution in [0.5, 0.6) is 0 Å². The number of hydrogen-bond donors (Lipinski definition) is 1. The highest BCUT2D eigenvalue weighted by Gasteiger charge is 2.39. The maximum absolute atomic E-state index is 9.10. The number of aliphatic hydroxyl groups excluding tert-OH is 1. The molecule has 90 valence electrons. The largest absolute Gasteiger partial charge is 0.417 e. The van der Waals surface area contributed by atoms with Gasteiger partial charge in [0.15, 0.2) is 8.32 Å². The predicted molar refractivity (Wildman–Crippen MR) is 66.4 cm³/mol. The van der Waals surface area contributed by atoms with Crippen molar-refractivity contribution in [3.63, 3.8) is 0 Å². The van der Waals surface area contributed by atoms with Crippen LogP contribution in [0.1, 0.15) is 33.6 Å². The van der Waals surface area contributed by atoms with Crippen molar-refractivity contribution in [2.75, 3.05) is 13.2 Å². The zero-order valence-electron chi connectivity index (χ0n) is 10.8. The van der Waals surface area contributed by atoms with E-state index in [1.165, 1.54) is 12.8 Å². The van der Waals surface area contributed by atoms with E-state index in [-0.39, 0.29) is 0 Å². The first-order valence-corrected chi connectivity index (χ1v) is 8.93. The van der Waals surface area contributed by atoms with Crippen LogP contribution in [0.3, 0.4) is 0 Å². The molecule has 1 aliphatic carbocycles. The fourth-order valence-electron chi connectivity index (χ4n) is 1.63. The molecule has 0 radical (unpaired) electrons. The minimum atomic E-state index is -1.57. The number of aliphatic hydroxyl groups is 1. The lowest BCUT2D eigenvalue weighted by atomic mass is 9.75. The Balaban J connectivity index is 2.36. The van der Waals surface area contributed by atoms with Crippen molar-refractivity contribution in [3.05, 3.63) is 0 Å². The highest BCUT2D eigenvalue weighted by Crippen LogP contribution is 2.39. The quantitative estimate of drug-likeness (QED) is 0.752. The zero-order valence-corrected chi connectivity index (χ0v) is 11.8. The molecule has 0 unspecified atom stereocenters. The first-order valence-electron chi connectivity index (χ1n) is 6.03. The summed E-state index contributed by atoms with van der Waals surface area (Å²) in [5.41, 5.74) is 0. The molecule has 2 nitrogen and oxygen atoms in total. The molecule has 15 heavy (non-hydrogen) atoms. The molecule has 1 saturated carbocycles. The summed E-state index contributed by atoms with van der Waals surface area (Å²) in [5, 5.41) is 9.40. The van der Waals surface area contributed by atoms with E-state index in [0.717, 1.165) is 6.61 Å². The van der Waals surface area contributed by atoms with Crippen LogP contribution in [0.25, 0.3) is 0 Å².